The molecular formula is C29H23FN2O2. The molecule has 0 aromatic heterocycles. The molecule has 0 bridgehead atoms. The standard InChI is InChI=1S/C29H23FN2O2/c1-19-7-16-26-25(17-19)28(22-12-14-24(30)15-13-22)32(18-27(33)31-26)29(34)23-10-8-21(9-11-23)20-5-3-2-4-6-20/h2-17,28H,18H2,1H3,(H,31,33)/t28-/m0/s1. The van der Waals surface area contributed by atoms with Gasteiger partial charge in [-0.3, -0.25) is 9.59 Å². The summed E-state index contributed by atoms with van der Waals surface area (Å²) in [4.78, 5) is 28.1. The second kappa shape index (κ2) is 8.94. The monoisotopic (exact) mass is 450 g/mol. The normalized spacial score (nSPS) is 15.3. The molecule has 0 spiro atoms. The molecule has 0 saturated carbocycles. The van der Waals surface area contributed by atoms with E-state index in [0.29, 0.717) is 11.3 Å². The van der Waals surface area contributed by atoms with Crippen molar-refractivity contribution in [1.82, 2.24) is 4.90 Å². The van der Waals surface area contributed by atoms with Crippen LogP contribution in [0, 0.1) is 12.7 Å². The van der Waals surface area contributed by atoms with Crippen molar-refractivity contribution in [2.45, 2.75) is 13.0 Å². The SMILES string of the molecule is Cc1ccc2c(c1)[C@H](c1ccc(F)cc1)N(C(=O)c1ccc(-c3ccccc3)cc1)CC(=O)N2. The maximum absolute atomic E-state index is 13.8. The lowest BCUT2D eigenvalue weighted by Gasteiger charge is -2.31. The Balaban J connectivity index is 1.58. The van der Waals surface area contributed by atoms with E-state index in [1.54, 1.807) is 29.2 Å². The third kappa shape index (κ3) is 4.20. The van der Waals surface area contributed by atoms with Crippen LogP contribution in [0.25, 0.3) is 11.1 Å². The lowest BCUT2D eigenvalue weighted by atomic mass is 9.94. The molecule has 5 rings (SSSR count). The summed E-state index contributed by atoms with van der Waals surface area (Å²) in [6.07, 6.45) is 0. The van der Waals surface area contributed by atoms with Crippen LogP contribution in [0.3, 0.4) is 0 Å². The summed E-state index contributed by atoms with van der Waals surface area (Å²) in [7, 11) is 0. The molecule has 0 fully saturated rings. The smallest absolute Gasteiger partial charge is 0.255 e. The number of anilines is 1. The Labute approximate surface area is 197 Å². The molecule has 1 N–H and O–H groups in total. The first-order valence-corrected chi connectivity index (χ1v) is 11.1. The van der Waals surface area contributed by atoms with E-state index in [2.05, 4.69) is 5.32 Å². The number of fused-ring (bicyclic) bond motifs is 1. The highest BCUT2D eigenvalue weighted by molar-refractivity contribution is 6.01. The van der Waals surface area contributed by atoms with Crippen LogP contribution in [0.5, 0.6) is 0 Å². The van der Waals surface area contributed by atoms with E-state index in [9.17, 15) is 14.0 Å². The third-order valence-electron chi connectivity index (χ3n) is 6.09. The molecule has 2 amide bonds. The summed E-state index contributed by atoms with van der Waals surface area (Å²) < 4.78 is 13.7. The summed E-state index contributed by atoms with van der Waals surface area (Å²) in [5, 5.41) is 2.92. The van der Waals surface area contributed by atoms with Crippen molar-refractivity contribution in [3.63, 3.8) is 0 Å². The van der Waals surface area contributed by atoms with Crippen LogP contribution < -0.4 is 5.32 Å². The number of halogens is 1. The van der Waals surface area contributed by atoms with Crippen LogP contribution in [0.15, 0.2) is 97.1 Å². The molecule has 4 aromatic carbocycles. The van der Waals surface area contributed by atoms with Gasteiger partial charge in [-0.15, -0.1) is 0 Å². The zero-order valence-electron chi connectivity index (χ0n) is 18.7. The van der Waals surface area contributed by atoms with Crippen molar-refractivity contribution in [1.29, 1.82) is 0 Å². The molecule has 4 nitrogen and oxygen atoms in total. The highest BCUT2D eigenvalue weighted by Gasteiger charge is 2.34. The van der Waals surface area contributed by atoms with E-state index in [1.807, 2.05) is 67.6 Å². The third-order valence-corrected chi connectivity index (χ3v) is 6.09. The number of carbonyl (C=O) groups is 2. The predicted molar refractivity (Wildman–Crippen MR) is 131 cm³/mol. The van der Waals surface area contributed by atoms with Crippen LogP contribution in [-0.4, -0.2) is 23.3 Å². The zero-order valence-corrected chi connectivity index (χ0v) is 18.7. The molecule has 5 heteroatoms. The van der Waals surface area contributed by atoms with E-state index < -0.39 is 6.04 Å². The van der Waals surface area contributed by atoms with Crippen LogP contribution in [0.4, 0.5) is 10.1 Å². The second-order valence-corrected chi connectivity index (χ2v) is 8.47. The topological polar surface area (TPSA) is 49.4 Å². The number of carbonyl (C=O) groups excluding carboxylic acids is 2. The highest BCUT2D eigenvalue weighted by atomic mass is 19.1. The van der Waals surface area contributed by atoms with Crippen LogP contribution in [0.1, 0.15) is 33.1 Å². The fraction of sp³-hybridized carbons (Fsp3) is 0.103. The van der Waals surface area contributed by atoms with E-state index in [1.165, 1.54) is 12.1 Å². The number of nitrogens with one attached hydrogen (secondary N) is 1. The molecular weight excluding hydrogens is 427 g/mol. The Morgan fingerprint density at radius 2 is 1.56 bits per heavy atom. The molecule has 34 heavy (non-hydrogen) atoms. The largest absolute Gasteiger partial charge is 0.324 e. The van der Waals surface area contributed by atoms with Gasteiger partial charge < -0.3 is 10.2 Å². The average Bonchev–Trinajstić information content (AvgIpc) is 3.00. The van der Waals surface area contributed by atoms with Gasteiger partial charge in [-0.05, 0) is 53.9 Å². The zero-order chi connectivity index (χ0) is 23.7. The Kier molecular flexibility index (Phi) is 5.68. The van der Waals surface area contributed by atoms with Gasteiger partial charge >= 0.3 is 0 Å². The number of benzene rings is 4. The van der Waals surface area contributed by atoms with Crippen molar-refractivity contribution in [2.24, 2.45) is 0 Å². The highest BCUT2D eigenvalue weighted by Crippen LogP contribution is 2.37. The molecule has 168 valence electrons. The minimum Gasteiger partial charge on any atom is -0.324 e. The molecule has 1 atom stereocenters. The van der Waals surface area contributed by atoms with Gasteiger partial charge in [0.25, 0.3) is 5.91 Å². The van der Waals surface area contributed by atoms with Gasteiger partial charge in [-0.1, -0.05) is 72.3 Å². The minimum absolute atomic E-state index is 0.116. The minimum atomic E-state index is -0.546. The van der Waals surface area contributed by atoms with Crippen LogP contribution in [0.2, 0.25) is 0 Å². The van der Waals surface area contributed by atoms with Gasteiger partial charge in [0.1, 0.15) is 12.4 Å². The van der Waals surface area contributed by atoms with Crippen molar-refractivity contribution < 1.29 is 14.0 Å². The Morgan fingerprint density at radius 1 is 0.882 bits per heavy atom. The van der Waals surface area contributed by atoms with Gasteiger partial charge in [0.2, 0.25) is 5.91 Å². The van der Waals surface area contributed by atoms with E-state index in [4.69, 9.17) is 0 Å². The van der Waals surface area contributed by atoms with Gasteiger partial charge in [-0.25, -0.2) is 4.39 Å². The Bertz CT molecular complexity index is 1350. The quantitative estimate of drug-likeness (QED) is 0.417. The molecule has 0 unspecified atom stereocenters. The molecule has 1 aliphatic heterocycles. The van der Waals surface area contributed by atoms with Gasteiger partial charge in [0.15, 0.2) is 0 Å². The number of hydrogen-bond acceptors (Lipinski definition) is 2. The summed E-state index contributed by atoms with van der Waals surface area (Å²) in [5.74, 6) is -0.896. The van der Waals surface area contributed by atoms with Crippen molar-refractivity contribution in [3.05, 3.63) is 125 Å². The molecule has 0 aliphatic carbocycles. The second-order valence-electron chi connectivity index (χ2n) is 8.47. The number of nitrogens with zero attached hydrogens (tertiary/aromatic N) is 1. The summed E-state index contributed by atoms with van der Waals surface area (Å²) in [6, 6.07) is 28.6. The first kappa shape index (κ1) is 21.6. The average molecular weight is 451 g/mol. The maximum atomic E-state index is 13.8. The van der Waals surface area contributed by atoms with Crippen LogP contribution in [-0.2, 0) is 4.79 Å². The van der Waals surface area contributed by atoms with Gasteiger partial charge in [0.05, 0.1) is 6.04 Å². The summed E-state index contributed by atoms with van der Waals surface area (Å²) in [5.41, 5.74) is 5.73. The number of aryl methyl sites for hydroxylation is 1. The lowest BCUT2D eigenvalue weighted by Crippen LogP contribution is -2.39. The molecule has 0 radical (unpaired) electrons. The van der Waals surface area contributed by atoms with E-state index in [-0.39, 0.29) is 24.2 Å². The first-order chi connectivity index (χ1) is 16.5. The lowest BCUT2D eigenvalue weighted by molar-refractivity contribution is -0.117. The molecule has 0 saturated heterocycles. The first-order valence-electron chi connectivity index (χ1n) is 11.1. The Hall–Kier alpha value is -4.25. The molecule has 1 heterocycles. The molecule has 1 aliphatic rings. The van der Waals surface area contributed by atoms with Crippen molar-refractivity contribution in [3.8, 4) is 11.1 Å². The molecule has 4 aromatic rings. The maximum Gasteiger partial charge on any atom is 0.255 e. The van der Waals surface area contributed by atoms with Crippen LogP contribution >= 0.6 is 0 Å². The van der Waals surface area contributed by atoms with Gasteiger partial charge in [-0.2, -0.15) is 0 Å². The number of hydrogen-bond donors (Lipinski definition) is 1. The fourth-order valence-electron chi connectivity index (χ4n) is 4.42. The van der Waals surface area contributed by atoms with Crippen molar-refractivity contribution in [2.75, 3.05) is 11.9 Å². The predicted octanol–water partition coefficient (Wildman–Crippen LogP) is 5.99. The number of rotatable bonds is 3. The summed E-state index contributed by atoms with van der Waals surface area (Å²) in [6.45, 7) is 1.85. The van der Waals surface area contributed by atoms with Crippen molar-refractivity contribution >= 4 is 17.5 Å². The summed E-state index contributed by atoms with van der Waals surface area (Å²) >= 11 is 0. The fourth-order valence-corrected chi connectivity index (χ4v) is 4.42. The van der Waals surface area contributed by atoms with E-state index in [0.717, 1.165) is 27.8 Å². The Morgan fingerprint density at radius 3 is 2.26 bits per heavy atom. The van der Waals surface area contributed by atoms with Gasteiger partial charge in [0, 0.05) is 16.8 Å². The number of amides is 2. The van der Waals surface area contributed by atoms with E-state index >= 15 is 0 Å².